The van der Waals surface area contributed by atoms with Crippen molar-refractivity contribution in [3.8, 4) is 0 Å². The van der Waals surface area contributed by atoms with Crippen molar-refractivity contribution in [3.63, 3.8) is 0 Å². The van der Waals surface area contributed by atoms with Crippen LogP contribution < -0.4 is 5.32 Å². The lowest BCUT2D eigenvalue weighted by Gasteiger charge is -2.18. The van der Waals surface area contributed by atoms with Crippen LogP contribution >= 0.6 is 0 Å². The van der Waals surface area contributed by atoms with Gasteiger partial charge in [-0.25, -0.2) is 0 Å². The van der Waals surface area contributed by atoms with E-state index in [4.69, 9.17) is 0 Å². The Morgan fingerprint density at radius 2 is 2.00 bits per heavy atom. The van der Waals surface area contributed by atoms with Gasteiger partial charge in [0.15, 0.2) is 0 Å². The second-order valence-electron chi connectivity index (χ2n) is 3.67. The van der Waals surface area contributed by atoms with E-state index in [1.165, 1.54) is 5.57 Å². The van der Waals surface area contributed by atoms with Gasteiger partial charge in [0.2, 0.25) is 0 Å². The van der Waals surface area contributed by atoms with Crippen molar-refractivity contribution in [1.29, 1.82) is 0 Å². The minimum absolute atomic E-state index is 0.0972. The summed E-state index contributed by atoms with van der Waals surface area (Å²) in [5.74, 6) is 1.16. The first-order valence-corrected chi connectivity index (χ1v) is 4.39. The van der Waals surface area contributed by atoms with Crippen LogP contribution in [0.2, 0.25) is 0 Å². The predicted molar refractivity (Wildman–Crippen MR) is 47.5 cm³/mol. The lowest BCUT2D eigenvalue weighted by molar-refractivity contribution is -0.116. The molecule has 64 valence electrons. The van der Waals surface area contributed by atoms with Gasteiger partial charge in [-0.3, -0.25) is 4.79 Å². The van der Waals surface area contributed by atoms with Crippen LogP contribution in [-0.2, 0) is 4.79 Å². The summed E-state index contributed by atoms with van der Waals surface area (Å²) in [6.45, 7) is 5.06. The van der Waals surface area contributed by atoms with E-state index >= 15 is 0 Å². The highest BCUT2D eigenvalue weighted by Crippen LogP contribution is 2.29. The van der Waals surface area contributed by atoms with Crippen LogP contribution in [0.3, 0.4) is 0 Å². The molecule has 1 fully saturated rings. The van der Waals surface area contributed by atoms with Gasteiger partial charge in [0.05, 0.1) is 0 Å². The van der Waals surface area contributed by atoms with Gasteiger partial charge >= 0.3 is 0 Å². The first-order chi connectivity index (χ1) is 5.68. The maximum atomic E-state index is 11.2. The van der Waals surface area contributed by atoms with Crippen LogP contribution in [-0.4, -0.2) is 12.5 Å². The van der Waals surface area contributed by atoms with Crippen LogP contribution in [0.25, 0.3) is 0 Å². The highest BCUT2D eigenvalue weighted by atomic mass is 16.2. The highest BCUT2D eigenvalue weighted by molar-refractivity contribution is 6.01. The van der Waals surface area contributed by atoms with Crippen LogP contribution in [0, 0.1) is 11.8 Å². The molecule has 0 saturated carbocycles. The molecule has 0 radical (unpaired) electrons. The van der Waals surface area contributed by atoms with E-state index in [2.05, 4.69) is 31.3 Å². The fourth-order valence-electron chi connectivity index (χ4n) is 1.73. The number of rotatable bonds is 0. The Balaban J connectivity index is 2.38. The van der Waals surface area contributed by atoms with Crippen molar-refractivity contribution in [3.05, 3.63) is 23.3 Å². The summed E-state index contributed by atoms with van der Waals surface area (Å²) in [6.07, 6.45) is 4.29. The second kappa shape index (κ2) is 2.47. The van der Waals surface area contributed by atoms with Crippen molar-refractivity contribution in [1.82, 2.24) is 5.32 Å². The van der Waals surface area contributed by atoms with Gasteiger partial charge in [0, 0.05) is 12.1 Å². The number of hydrogen-bond acceptors (Lipinski definition) is 1. The summed E-state index contributed by atoms with van der Waals surface area (Å²) < 4.78 is 0. The minimum atomic E-state index is 0.0972. The molecule has 1 saturated heterocycles. The smallest absolute Gasteiger partial charge is 0.251 e. The number of hydrogen-bond donors (Lipinski definition) is 1. The highest BCUT2D eigenvalue weighted by Gasteiger charge is 2.27. The summed E-state index contributed by atoms with van der Waals surface area (Å²) in [5.41, 5.74) is 2.09. The van der Waals surface area contributed by atoms with Gasteiger partial charge in [-0.1, -0.05) is 26.0 Å². The third-order valence-corrected chi connectivity index (χ3v) is 2.75. The average molecular weight is 163 g/mol. The fraction of sp³-hybridized carbons (Fsp3) is 0.500. The molecule has 0 aromatic rings. The Hall–Kier alpha value is -1.05. The molecule has 2 atom stereocenters. The number of carbonyl (C=O) groups excluding carboxylic acids is 1. The number of fused-ring (bicyclic) bond motifs is 1. The zero-order valence-electron chi connectivity index (χ0n) is 7.42. The molecule has 2 heteroatoms. The molecular formula is C10H13NO. The number of allylic oxidation sites excluding steroid dienone is 2. The SMILES string of the molecule is CC1C=C2CNC(=O)C2=CC1C. The van der Waals surface area contributed by atoms with Crippen molar-refractivity contribution >= 4 is 5.91 Å². The van der Waals surface area contributed by atoms with Gasteiger partial charge in [-0.2, -0.15) is 0 Å². The van der Waals surface area contributed by atoms with Crippen LogP contribution in [0.1, 0.15) is 13.8 Å². The Morgan fingerprint density at radius 1 is 1.33 bits per heavy atom. The summed E-state index contributed by atoms with van der Waals surface area (Å²) in [7, 11) is 0. The molecule has 2 unspecified atom stereocenters. The van der Waals surface area contributed by atoms with E-state index in [1.54, 1.807) is 0 Å². The van der Waals surface area contributed by atoms with Gasteiger partial charge in [0.1, 0.15) is 0 Å². The average Bonchev–Trinajstić information content (AvgIpc) is 2.35. The Bertz CT molecular complexity index is 288. The van der Waals surface area contributed by atoms with Gasteiger partial charge in [0.25, 0.3) is 5.91 Å². The Kier molecular flexibility index (Phi) is 1.56. The minimum Gasteiger partial charge on any atom is -0.348 e. The lowest BCUT2D eigenvalue weighted by Crippen LogP contribution is -2.15. The quantitative estimate of drug-likeness (QED) is 0.572. The van der Waals surface area contributed by atoms with Gasteiger partial charge < -0.3 is 5.32 Å². The standard InChI is InChI=1S/C10H13NO/c1-6-3-8-5-11-10(12)9(8)4-7(6)2/h3-4,6-7H,5H2,1-2H3,(H,11,12). The molecule has 2 aliphatic rings. The zero-order valence-corrected chi connectivity index (χ0v) is 7.42. The van der Waals surface area contributed by atoms with E-state index in [9.17, 15) is 4.79 Å². The van der Waals surface area contributed by atoms with Crippen molar-refractivity contribution in [2.75, 3.05) is 6.54 Å². The molecule has 0 bridgehead atoms. The summed E-state index contributed by atoms with van der Waals surface area (Å²) in [5, 5.41) is 2.83. The number of carbonyl (C=O) groups is 1. The topological polar surface area (TPSA) is 29.1 Å². The third-order valence-electron chi connectivity index (χ3n) is 2.75. The van der Waals surface area contributed by atoms with Crippen LogP contribution in [0.15, 0.2) is 23.3 Å². The van der Waals surface area contributed by atoms with E-state index in [0.29, 0.717) is 11.8 Å². The van der Waals surface area contributed by atoms with Crippen LogP contribution in [0.5, 0.6) is 0 Å². The Labute approximate surface area is 72.3 Å². The van der Waals surface area contributed by atoms with Gasteiger partial charge in [-0.15, -0.1) is 0 Å². The first-order valence-electron chi connectivity index (χ1n) is 4.39. The fourth-order valence-corrected chi connectivity index (χ4v) is 1.73. The zero-order chi connectivity index (χ0) is 8.72. The summed E-state index contributed by atoms with van der Waals surface area (Å²) in [4.78, 5) is 11.2. The maximum Gasteiger partial charge on any atom is 0.251 e. The number of nitrogens with one attached hydrogen (secondary N) is 1. The molecular weight excluding hydrogens is 150 g/mol. The molecule has 0 aromatic heterocycles. The monoisotopic (exact) mass is 163 g/mol. The number of amides is 1. The molecule has 1 amide bonds. The molecule has 1 heterocycles. The summed E-state index contributed by atoms with van der Waals surface area (Å²) in [6, 6.07) is 0. The maximum absolute atomic E-state index is 11.2. The van der Waals surface area contributed by atoms with Gasteiger partial charge in [-0.05, 0) is 17.4 Å². The van der Waals surface area contributed by atoms with E-state index in [0.717, 1.165) is 12.1 Å². The molecule has 1 N–H and O–H groups in total. The third kappa shape index (κ3) is 0.986. The predicted octanol–water partition coefficient (Wildman–Crippen LogP) is 1.25. The molecule has 0 aromatic carbocycles. The second-order valence-corrected chi connectivity index (χ2v) is 3.67. The largest absolute Gasteiger partial charge is 0.348 e. The molecule has 12 heavy (non-hydrogen) atoms. The lowest BCUT2D eigenvalue weighted by atomic mass is 9.85. The van der Waals surface area contributed by atoms with Crippen molar-refractivity contribution in [2.45, 2.75) is 13.8 Å². The van der Waals surface area contributed by atoms with Crippen LogP contribution in [0.4, 0.5) is 0 Å². The van der Waals surface area contributed by atoms with E-state index < -0.39 is 0 Å². The Morgan fingerprint density at radius 3 is 2.75 bits per heavy atom. The molecule has 1 aliphatic carbocycles. The first kappa shape index (κ1) is 7.59. The summed E-state index contributed by atoms with van der Waals surface area (Å²) >= 11 is 0. The van der Waals surface area contributed by atoms with E-state index in [-0.39, 0.29) is 5.91 Å². The molecule has 0 spiro atoms. The van der Waals surface area contributed by atoms with Crippen molar-refractivity contribution < 1.29 is 4.79 Å². The van der Waals surface area contributed by atoms with Crippen molar-refractivity contribution in [2.24, 2.45) is 11.8 Å². The van der Waals surface area contributed by atoms with E-state index in [1.807, 2.05) is 0 Å². The normalized spacial score (nSPS) is 33.7. The molecule has 1 aliphatic heterocycles. The molecule has 2 nitrogen and oxygen atoms in total. The molecule has 2 rings (SSSR count).